The van der Waals surface area contributed by atoms with Crippen molar-refractivity contribution < 1.29 is 9.53 Å². The molecule has 23 heavy (non-hydrogen) atoms. The van der Waals surface area contributed by atoms with Gasteiger partial charge in [0, 0.05) is 37.3 Å². The summed E-state index contributed by atoms with van der Waals surface area (Å²) in [4.78, 5) is 14.6. The van der Waals surface area contributed by atoms with Crippen molar-refractivity contribution in [1.82, 2.24) is 4.90 Å². The molecule has 0 atom stereocenters. The molecule has 2 heterocycles. The fourth-order valence-electron chi connectivity index (χ4n) is 3.65. The zero-order chi connectivity index (χ0) is 15.7. The van der Waals surface area contributed by atoms with Gasteiger partial charge in [-0.25, -0.2) is 0 Å². The first kappa shape index (κ1) is 14.5. The van der Waals surface area contributed by atoms with E-state index in [0.29, 0.717) is 5.41 Å². The Morgan fingerprint density at radius 2 is 1.48 bits per heavy atom. The van der Waals surface area contributed by atoms with Gasteiger partial charge in [-0.2, -0.15) is 0 Å². The van der Waals surface area contributed by atoms with E-state index in [1.807, 2.05) is 47.4 Å². The predicted octanol–water partition coefficient (Wildman–Crippen LogP) is 3.61. The molecule has 0 unspecified atom stereocenters. The van der Waals surface area contributed by atoms with Crippen LogP contribution in [0.15, 0.2) is 54.6 Å². The molecule has 4 rings (SSSR count). The molecule has 0 aromatic heterocycles. The minimum Gasteiger partial charge on any atom is -0.381 e. The highest BCUT2D eigenvalue weighted by atomic mass is 16.5. The van der Waals surface area contributed by atoms with Crippen LogP contribution < -0.4 is 0 Å². The van der Waals surface area contributed by atoms with Gasteiger partial charge < -0.3 is 9.64 Å². The maximum atomic E-state index is 12.6. The number of likely N-dealkylation sites (tertiary alicyclic amines) is 1. The van der Waals surface area contributed by atoms with E-state index in [2.05, 4.69) is 12.1 Å². The zero-order valence-electron chi connectivity index (χ0n) is 13.2. The van der Waals surface area contributed by atoms with Crippen molar-refractivity contribution in [2.75, 3.05) is 26.3 Å². The molecular weight excluding hydrogens is 286 g/mol. The van der Waals surface area contributed by atoms with Crippen molar-refractivity contribution in [3.05, 3.63) is 60.2 Å². The number of hydrogen-bond acceptors (Lipinski definition) is 2. The maximum Gasteiger partial charge on any atom is 0.253 e. The Bertz CT molecular complexity index is 679. The largest absolute Gasteiger partial charge is 0.381 e. The molecule has 0 N–H and O–H groups in total. The lowest BCUT2D eigenvalue weighted by Crippen LogP contribution is -2.60. The predicted molar refractivity (Wildman–Crippen MR) is 90.3 cm³/mol. The lowest BCUT2D eigenvalue weighted by atomic mass is 9.73. The number of benzene rings is 2. The van der Waals surface area contributed by atoms with Gasteiger partial charge in [0.05, 0.1) is 0 Å². The molecule has 2 aromatic carbocycles. The second kappa shape index (κ2) is 5.82. The van der Waals surface area contributed by atoms with E-state index in [1.54, 1.807) is 0 Å². The fraction of sp³-hybridized carbons (Fsp3) is 0.350. The Hall–Kier alpha value is -2.13. The number of ether oxygens (including phenoxy) is 1. The van der Waals surface area contributed by atoms with Crippen molar-refractivity contribution in [3.63, 3.8) is 0 Å². The van der Waals surface area contributed by atoms with Crippen LogP contribution in [0, 0.1) is 5.41 Å². The van der Waals surface area contributed by atoms with Crippen LogP contribution in [0.3, 0.4) is 0 Å². The molecule has 1 spiro atoms. The molecule has 2 saturated heterocycles. The van der Waals surface area contributed by atoms with E-state index < -0.39 is 0 Å². The summed E-state index contributed by atoms with van der Waals surface area (Å²) in [5, 5.41) is 0. The number of rotatable bonds is 2. The summed E-state index contributed by atoms with van der Waals surface area (Å²) in [6.07, 6.45) is 2.17. The molecule has 2 aliphatic rings. The van der Waals surface area contributed by atoms with Crippen LogP contribution in [-0.2, 0) is 4.74 Å². The maximum absolute atomic E-state index is 12.6. The lowest BCUT2D eigenvalue weighted by molar-refractivity contribution is -0.0666. The van der Waals surface area contributed by atoms with Crippen molar-refractivity contribution in [2.45, 2.75) is 12.8 Å². The van der Waals surface area contributed by atoms with Gasteiger partial charge in [0.1, 0.15) is 0 Å². The first-order chi connectivity index (χ1) is 11.3. The Morgan fingerprint density at radius 1 is 0.870 bits per heavy atom. The van der Waals surface area contributed by atoms with Gasteiger partial charge in [-0.1, -0.05) is 42.5 Å². The average Bonchev–Trinajstić information content (AvgIpc) is 2.61. The smallest absolute Gasteiger partial charge is 0.253 e. The zero-order valence-corrected chi connectivity index (χ0v) is 13.2. The van der Waals surface area contributed by atoms with Gasteiger partial charge in [0.15, 0.2) is 0 Å². The number of carbonyl (C=O) groups is 1. The highest BCUT2D eigenvalue weighted by Crippen LogP contribution is 2.40. The number of hydrogen-bond donors (Lipinski definition) is 0. The molecule has 0 bridgehead atoms. The third kappa shape index (κ3) is 2.77. The van der Waals surface area contributed by atoms with Gasteiger partial charge in [-0.05, 0) is 36.1 Å². The molecule has 0 saturated carbocycles. The van der Waals surface area contributed by atoms with E-state index in [-0.39, 0.29) is 5.91 Å². The van der Waals surface area contributed by atoms with Crippen molar-refractivity contribution in [3.8, 4) is 11.1 Å². The van der Waals surface area contributed by atoms with Gasteiger partial charge in [-0.15, -0.1) is 0 Å². The van der Waals surface area contributed by atoms with Crippen LogP contribution >= 0.6 is 0 Å². The summed E-state index contributed by atoms with van der Waals surface area (Å²) in [6, 6.07) is 18.2. The van der Waals surface area contributed by atoms with Crippen molar-refractivity contribution in [1.29, 1.82) is 0 Å². The third-order valence-corrected chi connectivity index (χ3v) is 5.13. The van der Waals surface area contributed by atoms with Crippen LogP contribution in [0.2, 0.25) is 0 Å². The Morgan fingerprint density at radius 3 is 2.13 bits per heavy atom. The normalized spacial score (nSPS) is 19.4. The van der Waals surface area contributed by atoms with E-state index in [1.165, 1.54) is 5.56 Å². The van der Waals surface area contributed by atoms with E-state index in [4.69, 9.17) is 4.74 Å². The summed E-state index contributed by atoms with van der Waals surface area (Å²) in [5.74, 6) is 0.154. The highest BCUT2D eigenvalue weighted by Gasteiger charge is 2.45. The minimum absolute atomic E-state index is 0.154. The SMILES string of the molecule is O=C(c1ccc(-c2ccccc2)cc1)N1CC2(CCOCC2)C1. The first-order valence-corrected chi connectivity index (χ1v) is 8.28. The van der Waals surface area contributed by atoms with E-state index >= 15 is 0 Å². The summed E-state index contributed by atoms with van der Waals surface area (Å²) in [5.41, 5.74) is 3.44. The molecule has 0 aliphatic carbocycles. The molecule has 2 aromatic rings. The second-order valence-electron chi connectivity index (χ2n) is 6.72. The summed E-state index contributed by atoms with van der Waals surface area (Å²) in [7, 11) is 0. The standard InChI is InChI=1S/C20H21NO2/c22-19(21-14-20(15-21)10-12-23-13-11-20)18-8-6-17(7-9-18)16-4-2-1-3-5-16/h1-9H,10-15H2. The summed E-state index contributed by atoms with van der Waals surface area (Å²) >= 11 is 0. The van der Waals surface area contributed by atoms with Crippen molar-refractivity contribution in [2.24, 2.45) is 5.41 Å². The molecule has 2 aliphatic heterocycles. The van der Waals surface area contributed by atoms with E-state index in [9.17, 15) is 4.79 Å². The van der Waals surface area contributed by atoms with Crippen LogP contribution in [0.1, 0.15) is 23.2 Å². The van der Waals surface area contributed by atoms with Gasteiger partial charge in [-0.3, -0.25) is 4.79 Å². The molecular formula is C20H21NO2. The molecule has 0 radical (unpaired) electrons. The molecule has 3 heteroatoms. The molecule has 1 amide bonds. The molecule has 118 valence electrons. The molecule has 3 nitrogen and oxygen atoms in total. The van der Waals surface area contributed by atoms with Gasteiger partial charge >= 0.3 is 0 Å². The fourth-order valence-corrected chi connectivity index (χ4v) is 3.65. The van der Waals surface area contributed by atoms with E-state index in [0.717, 1.165) is 50.3 Å². The monoisotopic (exact) mass is 307 g/mol. The Balaban J connectivity index is 1.44. The van der Waals surface area contributed by atoms with Crippen LogP contribution in [0.4, 0.5) is 0 Å². The quantitative estimate of drug-likeness (QED) is 0.848. The third-order valence-electron chi connectivity index (χ3n) is 5.13. The molecule has 2 fully saturated rings. The van der Waals surface area contributed by atoms with Crippen LogP contribution in [0.25, 0.3) is 11.1 Å². The lowest BCUT2D eigenvalue weighted by Gasteiger charge is -2.52. The van der Waals surface area contributed by atoms with Gasteiger partial charge in [0.2, 0.25) is 0 Å². The second-order valence-corrected chi connectivity index (χ2v) is 6.72. The topological polar surface area (TPSA) is 29.5 Å². The Labute approximate surface area is 136 Å². The van der Waals surface area contributed by atoms with Crippen LogP contribution in [-0.4, -0.2) is 37.1 Å². The van der Waals surface area contributed by atoms with Crippen LogP contribution in [0.5, 0.6) is 0 Å². The summed E-state index contributed by atoms with van der Waals surface area (Å²) in [6.45, 7) is 3.45. The Kier molecular flexibility index (Phi) is 3.66. The first-order valence-electron chi connectivity index (χ1n) is 8.28. The number of nitrogens with zero attached hydrogens (tertiary/aromatic N) is 1. The number of amides is 1. The summed E-state index contributed by atoms with van der Waals surface area (Å²) < 4.78 is 5.43. The minimum atomic E-state index is 0.154. The number of carbonyl (C=O) groups excluding carboxylic acids is 1. The van der Waals surface area contributed by atoms with Gasteiger partial charge in [0.25, 0.3) is 5.91 Å². The highest BCUT2D eigenvalue weighted by molar-refractivity contribution is 5.95. The van der Waals surface area contributed by atoms with Crippen molar-refractivity contribution >= 4 is 5.91 Å². The average molecular weight is 307 g/mol.